The maximum Gasteiger partial charge on any atom is 0.244 e. The molecule has 4 nitrogen and oxygen atoms in total. The van der Waals surface area contributed by atoms with E-state index in [4.69, 9.17) is 4.74 Å². The van der Waals surface area contributed by atoms with Crippen molar-refractivity contribution < 1.29 is 13.9 Å². The number of amides is 1. The Morgan fingerprint density at radius 2 is 1.55 bits per heavy atom. The summed E-state index contributed by atoms with van der Waals surface area (Å²) in [5.41, 5.74) is 1.45. The van der Waals surface area contributed by atoms with Gasteiger partial charge in [0.25, 0.3) is 0 Å². The minimum absolute atomic E-state index is 0.0179. The van der Waals surface area contributed by atoms with Crippen LogP contribution in [0.1, 0.15) is 12.5 Å². The normalized spacial score (nSPS) is 17.4. The van der Waals surface area contributed by atoms with Gasteiger partial charge in [0.2, 0.25) is 5.91 Å². The lowest BCUT2D eigenvalue weighted by atomic mass is 10.1. The molecule has 1 aliphatic heterocycles. The number of ether oxygens (including phenoxy) is 1. The first-order chi connectivity index (χ1) is 14.1. The molecule has 0 radical (unpaired) electrons. The van der Waals surface area contributed by atoms with Gasteiger partial charge in [0.05, 0.1) is 6.04 Å². The molecule has 1 heterocycles. The predicted octanol–water partition coefficient (Wildman–Crippen LogP) is 4.86. The number of nitrogens with zero attached hydrogens (tertiary/aromatic N) is 2. The van der Waals surface area contributed by atoms with E-state index in [-0.39, 0.29) is 17.8 Å². The van der Waals surface area contributed by atoms with Crippen molar-refractivity contribution in [3.05, 3.63) is 90.2 Å². The highest BCUT2D eigenvalue weighted by Crippen LogP contribution is 2.27. The molecular weight excluding hydrogens is 367 g/mol. The van der Waals surface area contributed by atoms with E-state index in [2.05, 4.69) is 0 Å². The molecule has 1 unspecified atom stereocenters. The van der Waals surface area contributed by atoms with Gasteiger partial charge in [0.1, 0.15) is 17.3 Å². The Labute approximate surface area is 170 Å². The molecule has 148 valence electrons. The van der Waals surface area contributed by atoms with Gasteiger partial charge < -0.3 is 9.64 Å². The largest absolute Gasteiger partial charge is 0.457 e. The number of carbonyl (C=O) groups is 1. The van der Waals surface area contributed by atoms with Gasteiger partial charge in [-0.2, -0.15) is 0 Å². The van der Waals surface area contributed by atoms with E-state index in [0.717, 1.165) is 17.2 Å². The van der Waals surface area contributed by atoms with Crippen LogP contribution in [0.3, 0.4) is 0 Å². The van der Waals surface area contributed by atoms with E-state index >= 15 is 0 Å². The molecular formula is C24H23FN2O2. The van der Waals surface area contributed by atoms with Crippen molar-refractivity contribution in [2.24, 2.45) is 0 Å². The molecule has 0 N–H and O–H groups in total. The first kappa shape index (κ1) is 19.2. The molecule has 1 fully saturated rings. The minimum Gasteiger partial charge on any atom is -0.457 e. The van der Waals surface area contributed by atoms with Crippen LogP contribution in [0.2, 0.25) is 0 Å². The number of hydrogen-bond acceptors (Lipinski definition) is 3. The van der Waals surface area contributed by atoms with E-state index < -0.39 is 0 Å². The number of para-hydroxylation sites is 1. The Morgan fingerprint density at radius 1 is 0.897 bits per heavy atom. The van der Waals surface area contributed by atoms with Gasteiger partial charge >= 0.3 is 0 Å². The molecule has 0 aromatic heterocycles. The van der Waals surface area contributed by atoms with E-state index in [9.17, 15) is 9.18 Å². The Kier molecular flexibility index (Phi) is 5.58. The minimum atomic E-state index is -0.316. The second kappa shape index (κ2) is 8.45. The summed E-state index contributed by atoms with van der Waals surface area (Å²) < 4.78 is 19.8. The van der Waals surface area contributed by atoms with Crippen LogP contribution in [0.4, 0.5) is 10.1 Å². The lowest BCUT2D eigenvalue weighted by Gasteiger charge is -2.39. The summed E-state index contributed by atoms with van der Waals surface area (Å²) >= 11 is 0. The molecule has 0 bridgehead atoms. The van der Waals surface area contributed by atoms with Gasteiger partial charge in [0, 0.05) is 30.9 Å². The number of halogens is 1. The summed E-state index contributed by atoms with van der Waals surface area (Å²) in [4.78, 5) is 16.8. The molecule has 1 atom stereocenters. The Hall–Kier alpha value is -3.18. The fourth-order valence-corrected chi connectivity index (χ4v) is 3.55. The SMILES string of the molecule is CC1C(=O)N(c2ccc(Oc3ccccc3)cc2)CCN1Cc1ccccc1F. The average Bonchev–Trinajstić information content (AvgIpc) is 2.75. The summed E-state index contributed by atoms with van der Waals surface area (Å²) in [6.45, 7) is 3.56. The molecule has 1 saturated heterocycles. The van der Waals surface area contributed by atoms with E-state index in [0.29, 0.717) is 25.2 Å². The maximum absolute atomic E-state index is 14.0. The maximum atomic E-state index is 14.0. The van der Waals surface area contributed by atoms with Crippen LogP contribution in [0.5, 0.6) is 11.5 Å². The number of rotatable bonds is 5. The molecule has 3 aromatic carbocycles. The van der Waals surface area contributed by atoms with Crippen molar-refractivity contribution in [1.29, 1.82) is 0 Å². The Balaban J connectivity index is 1.42. The number of anilines is 1. The van der Waals surface area contributed by atoms with Gasteiger partial charge in [-0.15, -0.1) is 0 Å². The summed E-state index contributed by atoms with van der Waals surface area (Å²) in [6, 6.07) is 23.5. The summed E-state index contributed by atoms with van der Waals surface area (Å²) in [5.74, 6) is 1.28. The zero-order valence-corrected chi connectivity index (χ0v) is 16.3. The lowest BCUT2D eigenvalue weighted by Crippen LogP contribution is -2.55. The van der Waals surface area contributed by atoms with Crippen LogP contribution in [0, 0.1) is 5.82 Å². The first-order valence-corrected chi connectivity index (χ1v) is 9.73. The summed E-state index contributed by atoms with van der Waals surface area (Å²) in [7, 11) is 0. The van der Waals surface area contributed by atoms with Crippen molar-refractivity contribution in [3.63, 3.8) is 0 Å². The van der Waals surface area contributed by atoms with Crippen molar-refractivity contribution in [3.8, 4) is 11.5 Å². The zero-order chi connectivity index (χ0) is 20.2. The van der Waals surface area contributed by atoms with Crippen molar-refractivity contribution in [2.45, 2.75) is 19.5 Å². The fourth-order valence-electron chi connectivity index (χ4n) is 3.55. The van der Waals surface area contributed by atoms with Gasteiger partial charge in [-0.25, -0.2) is 4.39 Å². The van der Waals surface area contributed by atoms with Crippen molar-refractivity contribution in [1.82, 2.24) is 4.90 Å². The van der Waals surface area contributed by atoms with Crippen LogP contribution >= 0.6 is 0 Å². The highest BCUT2D eigenvalue weighted by molar-refractivity contribution is 5.97. The second-order valence-corrected chi connectivity index (χ2v) is 7.14. The third kappa shape index (κ3) is 4.30. The highest BCUT2D eigenvalue weighted by atomic mass is 19.1. The molecule has 5 heteroatoms. The monoisotopic (exact) mass is 390 g/mol. The van der Waals surface area contributed by atoms with Gasteiger partial charge in [0.15, 0.2) is 0 Å². The topological polar surface area (TPSA) is 32.8 Å². The van der Waals surface area contributed by atoms with Crippen LogP contribution in [0.15, 0.2) is 78.9 Å². The molecule has 0 saturated carbocycles. The molecule has 0 aliphatic carbocycles. The third-order valence-corrected chi connectivity index (χ3v) is 5.24. The lowest BCUT2D eigenvalue weighted by molar-refractivity contribution is -0.125. The fraction of sp³-hybridized carbons (Fsp3) is 0.208. The summed E-state index contributed by atoms with van der Waals surface area (Å²) in [6.07, 6.45) is 0. The number of piperazine rings is 1. The molecule has 0 spiro atoms. The standard InChI is InChI=1S/C24H23FN2O2/c1-18-24(28)27(16-15-26(18)17-19-7-5-6-10-23(19)25)20-11-13-22(14-12-20)29-21-8-3-2-4-9-21/h2-14,18H,15-17H2,1H3. The van der Waals surface area contributed by atoms with Crippen molar-refractivity contribution in [2.75, 3.05) is 18.0 Å². The third-order valence-electron chi connectivity index (χ3n) is 5.24. The Bertz CT molecular complexity index is 976. The van der Waals surface area contributed by atoms with Crippen LogP contribution < -0.4 is 9.64 Å². The Morgan fingerprint density at radius 3 is 2.28 bits per heavy atom. The van der Waals surface area contributed by atoms with E-state index in [1.807, 2.05) is 72.5 Å². The van der Waals surface area contributed by atoms with Crippen LogP contribution in [-0.2, 0) is 11.3 Å². The molecule has 1 aliphatic rings. The number of hydrogen-bond donors (Lipinski definition) is 0. The van der Waals surface area contributed by atoms with Crippen molar-refractivity contribution >= 4 is 11.6 Å². The molecule has 3 aromatic rings. The quantitative estimate of drug-likeness (QED) is 0.624. The van der Waals surface area contributed by atoms with Gasteiger partial charge in [-0.1, -0.05) is 36.4 Å². The highest BCUT2D eigenvalue weighted by Gasteiger charge is 2.32. The second-order valence-electron chi connectivity index (χ2n) is 7.14. The van der Waals surface area contributed by atoms with Crippen LogP contribution in [0.25, 0.3) is 0 Å². The average molecular weight is 390 g/mol. The van der Waals surface area contributed by atoms with E-state index in [1.54, 1.807) is 17.0 Å². The summed E-state index contributed by atoms with van der Waals surface area (Å²) in [5, 5.41) is 0. The van der Waals surface area contributed by atoms with Gasteiger partial charge in [-0.05, 0) is 49.4 Å². The van der Waals surface area contributed by atoms with E-state index in [1.165, 1.54) is 6.07 Å². The molecule has 4 rings (SSSR count). The van der Waals surface area contributed by atoms with Gasteiger partial charge in [-0.3, -0.25) is 9.69 Å². The molecule has 1 amide bonds. The zero-order valence-electron chi connectivity index (χ0n) is 16.3. The predicted molar refractivity (Wildman–Crippen MR) is 112 cm³/mol. The first-order valence-electron chi connectivity index (χ1n) is 9.73. The number of benzene rings is 3. The molecule has 29 heavy (non-hydrogen) atoms. The smallest absolute Gasteiger partial charge is 0.244 e. The van der Waals surface area contributed by atoms with Crippen LogP contribution in [-0.4, -0.2) is 29.9 Å². The number of carbonyl (C=O) groups excluding carboxylic acids is 1.